The molecule has 0 aliphatic carbocycles. The molecule has 1 heterocycles. The third kappa shape index (κ3) is 5.68. The van der Waals surface area contributed by atoms with E-state index in [1.807, 2.05) is 92.7 Å². The number of anilines is 1. The average Bonchev–Trinajstić information content (AvgIpc) is 2.78. The second-order valence-corrected chi connectivity index (χ2v) is 8.94. The average molecular weight is 490 g/mol. The normalized spacial score (nSPS) is 14.0. The molecular formula is C27H24BrNO3. The predicted molar refractivity (Wildman–Crippen MR) is 133 cm³/mol. The first-order chi connectivity index (χ1) is 15.4. The van der Waals surface area contributed by atoms with E-state index in [1.165, 1.54) is 6.08 Å². The highest BCUT2D eigenvalue weighted by atomic mass is 79.9. The zero-order valence-corrected chi connectivity index (χ0v) is 19.6. The number of halogens is 1. The molecule has 0 fully saturated rings. The maximum Gasteiger partial charge on any atom is 0.248 e. The van der Waals surface area contributed by atoms with E-state index >= 15 is 0 Å². The van der Waals surface area contributed by atoms with Crippen molar-refractivity contribution in [2.45, 2.75) is 26.1 Å². The molecule has 0 spiro atoms. The van der Waals surface area contributed by atoms with Crippen molar-refractivity contribution in [3.63, 3.8) is 0 Å². The summed E-state index contributed by atoms with van der Waals surface area (Å²) in [6, 6.07) is 21.3. The summed E-state index contributed by atoms with van der Waals surface area (Å²) in [7, 11) is 0. The zero-order chi connectivity index (χ0) is 22.6. The highest BCUT2D eigenvalue weighted by Crippen LogP contribution is 2.38. The predicted octanol–water partition coefficient (Wildman–Crippen LogP) is 6.86. The first kappa shape index (κ1) is 21.9. The van der Waals surface area contributed by atoms with Crippen molar-refractivity contribution in [3.05, 3.63) is 100 Å². The molecule has 0 unspecified atom stereocenters. The monoisotopic (exact) mass is 489 g/mol. The Kier molecular flexibility index (Phi) is 6.47. The van der Waals surface area contributed by atoms with Gasteiger partial charge in [0.05, 0.1) is 4.47 Å². The van der Waals surface area contributed by atoms with E-state index in [-0.39, 0.29) is 11.5 Å². The fraction of sp³-hybridized carbons (Fsp3) is 0.148. The molecule has 0 saturated heterocycles. The lowest BCUT2D eigenvalue weighted by molar-refractivity contribution is -0.111. The van der Waals surface area contributed by atoms with Gasteiger partial charge >= 0.3 is 0 Å². The largest absolute Gasteiger partial charge is 0.489 e. The summed E-state index contributed by atoms with van der Waals surface area (Å²) in [5.74, 6) is 1.36. The summed E-state index contributed by atoms with van der Waals surface area (Å²) in [4.78, 5) is 12.4. The van der Waals surface area contributed by atoms with Crippen LogP contribution in [0.1, 0.15) is 30.5 Å². The van der Waals surface area contributed by atoms with Crippen LogP contribution in [0.4, 0.5) is 5.69 Å². The SMILES string of the molecule is CC1(C)C=Cc2cc(/C=C/C(=O)Nc3ccc(OCc4ccccc4)cc3)cc(Br)c2O1. The van der Waals surface area contributed by atoms with Gasteiger partial charge in [-0.2, -0.15) is 0 Å². The molecule has 4 nitrogen and oxygen atoms in total. The Balaban J connectivity index is 1.35. The van der Waals surface area contributed by atoms with Crippen LogP contribution in [0, 0.1) is 0 Å². The van der Waals surface area contributed by atoms with Crippen molar-refractivity contribution in [1.82, 2.24) is 0 Å². The Bertz CT molecular complexity index is 1170. The Labute approximate surface area is 196 Å². The van der Waals surface area contributed by atoms with E-state index in [9.17, 15) is 4.79 Å². The Morgan fingerprint density at radius 1 is 1.09 bits per heavy atom. The highest BCUT2D eigenvalue weighted by Gasteiger charge is 2.23. The zero-order valence-electron chi connectivity index (χ0n) is 18.0. The number of rotatable bonds is 6. The third-order valence-corrected chi connectivity index (χ3v) is 5.51. The van der Waals surface area contributed by atoms with Gasteiger partial charge in [-0.3, -0.25) is 4.79 Å². The molecule has 4 rings (SSSR count). The van der Waals surface area contributed by atoms with E-state index < -0.39 is 0 Å². The summed E-state index contributed by atoms with van der Waals surface area (Å²) in [5.41, 5.74) is 3.36. The van der Waals surface area contributed by atoms with Crippen LogP contribution in [0.3, 0.4) is 0 Å². The fourth-order valence-corrected chi connectivity index (χ4v) is 3.86. The standard InChI is InChI=1S/C27H24BrNO3/c1-27(2)15-14-21-16-20(17-24(28)26(21)32-27)8-13-25(30)29-22-9-11-23(12-10-22)31-18-19-6-4-3-5-7-19/h3-17H,18H2,1-2H3,(H,29,30)/b13-8+. The topological polar surface area (TPSA) is 47.6 Å². The summed E-state index contributed by atoms with van der Waals surface area (Å²) >= 11 is 3.57. The van der Waals surface area contributed by atoms with E-state index in [1.54, 1.807) is 6.08 Å². The van der Waals surface area contributed by atoms with Gasteiger partial charge in [0, 0.05) is 17.3 Å². The molecule has 1 aliphatic rings. The fourth-order valence-electron chi connectivity index (χ4n) is 3.28. The molecule has 0 bridgehead atoms. The molecule has 0 radical (unpaired) electrons. The van der Waals surface area contributed by atoms with Crippen LogP contribution in [0.2, 0.25) is 0 Å². The van der Waals surface area contributed by atoms with Crippen LogP contribution in [0.15, 0.2) is 83.4 Å². The minimum Gasteiger partial charge on any atom is -0.489 e. The molecule has 1 amide bonds. The number of ether oxygens (including phenoxy) is 2. The van der Waals surface area contributed by atoms with Crippen molar-refractivity contribution in [1.29, 1.82) is 0 Å². The minimum atomic E-state index is -0.338. The molecule has 0 saturated carbocycles. The third-order valence-electron chi connectivity index (χ3n) is 4.92. The first-order valence-electron chi connectivity index (χ1n) is 10.4. The number of carbonyl (C=O) groups excluding carboxylic acids is 1. The van der Waals surface area contributed by atoms with Gasteiger partial charge in [-0.15, -0.1) is 0 Å². The number of hydrogen-bond donors (Lipinski definition) is 1. The summed E-state index contributed by atoms with van der Waals surface area (Å²) in [6.45, 7) is 4.53. The van der Waals surface area contributed by atoms with E-state index in [0.717, 1.165) is 32.7 Å². The maximum absolute atomic E-state index is 12.4. The van der Waals surface area contributed by atoms with Gasteiger partial charge in [-0.05, 0) is 89.5 Å². The van der Waals surface area contributed by atoms with Gasteiger partial charge in [0.15, 0.2) is 0 Å². The van der Waals surface area contributed by atoms with Gasteiger partial charge in [-0.1, -0.05) is 36.4 Å². The lowest BCUT2D eigenvalue weighted by atomic mass is 10.0. The van der Waals surface area contributed by atoms with Crippen molar-refractivity contribution >= 4 is 39.7 Å². The summed E-state index contributed by atoms with van der Waals surface area (Å²) in [5, 5.41) is 2.87. The quantitative estimate of drug-likeness (QED) is 0.384. The van der Waals surface area contributed by atoms with E-state index in [4.69, 9.17) is 9.47 Å². The first-order valence-corrected chi connectivity index (χ1v) is 11.1. The molecule has 1 N–H and O–H groups in total. The van der Waals surface area contributed by atoms with Crippen LogP contribution in [-0.2, 0) is 11.4 Å². The van der Waals surface area contributed by atoms with Gasteiger partial charge in [0.25, 0.3) is 0 Å². The van der Waals surface area contributed by atoms with Crippen LogP contribution in [-0.4, -0.2) is 11.5 Å². The lowest BCUT2D eigenvalue weighted by Gasteiger charge is -2.28. The maximum atomic E-state index is 12.4. The van der Waals surface area contributed by atoms with Crippen LogP contribution in [0.25, 0.3) is 12.2 Å². The summed E-state index contributed by atoms with van der Waals surface area (Å²) < 4.78 is 12.7. The van der Waals surface area contributed by atoms with E-state index in [2.05, 4.69) is 21.2 Å². The van der Waals surface area contributed by atoms with E-state index in [0.29, 0.717) is 12.3 Å². The molecule has 1 aliphatic heterocycles. The van der Waals surface area contributed by atoms with Gasteiger partial charge < -0.3 is 14.8 Å². The molecular weight excluding hydrogens is 466 g/mol. The molecule has 3 aromatic carbocycles. The number of nitrogens with one attached hydrogen (secondary N) is 1. The van der Waals surface area contributed by atoms with Crippen LogP contribution >= 0.6 is 15.9 Å². The van der Waals surface area contributed by atoms with Gasteiger partial charge in [-0.25, -0.2) is 0 Å². The smallest absolute Gasteiger partial charge is 0.248 e. The number of amides is 1. The van der Waals surface area contributed by atoms with Gasteiger partial charge in [0.1, 0.15) is 23.7 Å². The van der Waals surface area contributed by atoms with Crippen molar-refractivity contribution < 1.29 is 14.3 Å². The molecule has 0 aromatic heterocycles. The number of fused-ring (bicyclic) bond motifs is 1. The molecule has 32 heavy (non-hydrogen) atoms. The van der Waals surface area contributed by atoms with Crippen LogP contribution in [0.5, 0.6) is 11.5 Å². The lowest BCUT2D eigenvalue weighted by Crippen LogP contribution is -2.27. The van der Waals surface area contributed by atoms with Crippen LogP contribution < -0.4 is 14.8 Å². The summed E-state index contributed by atoms with van der Waals surface area (Å²) in [6.07, 6.45) is 7.37. The molecule has 162 valence electrons. The molecule has 5 heteroatoms. The highest BCUT2D eigenvalue weighted by molar-refractivity contribution is 9.10. The Morgan fingerprint density at radius 3 is 2.59 bits per heavy atom. The van der Waals surface area contributed by atoms with Gasteiger partial charge in [0.2, 0.25) is 5.91 Å². The molecule has 0 atom stereocenters. The Morgan fingerprint density at radius 2 is 1.84 bits per heavy atom. The van der Waals surface area contributed by atoms with Crippen molar-refractivity contribution in [2.24, 2.45) is 0 Å². The second kappa shape index (κ2) is 9.45. The van der Waals surface area contributed by atoms with Crippen molar-refractivity contribution in [3.8, 4) is 11.5 Å². The van der Waals surface area contributed by atoms with Crippen molar-refractivity contribution in [2.75, 3.05) is 5.32 Å². The number of benzene rings is 3. The Hall–Kier alpha value is -3.31. The minimum absolute atomic E-state index is 0.204. The number of carbonyl (C=O) groups is 1. The number of hydrogen-bond acceptors (Lipinski definition) is 3. The second-order valence-electron chi connectivity index (χ2n) is 8.08. The molecule has 3 aromatic rings.